The molecule has 2 rings (SSSR count). The van der Waals surface area contributed by atoms with Crippen LogP contribution >= 0.6 is 0 Å². The van der Waals surface area contributed by atoms with Crippen LogP contribution in [0.25, 0.3) is 0 Å². The Hall–Kier alpha value is -1.76. The molecule has 18 heavy (non-hydrogen) atoms. The molecule has 96 valence electrons. The third-order valence-corrected chi connectivity index (χ3v) is 3.70. The summed E-state index contributed by atoms with van der Waals surface area (Å²) in [4.78, 5) is 12.2. The fraction of sp³-hybridized carbons (Fsp3) is 0.571. The van der Waals surface area contributed by atoms with E-state index in [1.54, 1.807) is 0 Å². The van der Waals surface area contributed by atoms with Gasteiger partial charge in [-0.1, -0.05) is 19.3 Å². The highest BCUT2D eigenvalue weighted by Gasteiger charge is 2.39. The van der Waals surface area contributed by atoms with Crippen molar-refractivity contribution in [2.45, 2.75) is 38.6 Å². The first-order valence-corrected chi connectivity index (χ1v) is 6.47. The van der Waals surface area contributed by atoms with Crippen molar-refractivity contribution < 1.29 is 4.79 Å². The standard InChI is InChI=1S/C14H19N3O/c1-17-8-5-12(10-17)9-16-13(18)14(11-15)6-3-2-4-7-14/h5,8,10H,2-4,6-7,9H2,1H3,(H,16,18). The number of aromatic nitrogens is 1. The summed E-state index contributed by atoms with van der Waals surface area (Å²) < 4.78 is 1.95. The lowest BCUT2D eigenvalue weighted by atomic mass is 9.74. The monoisotopic (exact) mass is 245 g/mol. The van der Waals surface area contributed by atoms with Gasteiger partial charge in [-0.2, -0.15) is 5.26 Å². The number of amides is 1. The number of hydrogen-bond donors (Lipinski definition) is 1. The summed E-state index contributed by atoms with van der Waals surface area (Å²) in [5.74, 6) is -0.103. The highest BCUT2D eigenvalue weighted by molar-refractivity contribution is 5.85. The molecule has 0 radical (unpaired) electrons. The minimum absolute atomic E-state index is 0.103. The number of carbonyl (C=O) groups is 1. The van der Waals surface area contributed by atoms with Gasteiger partial charge < -0.3 is 9.88 Å². The highest BCUT2D eigenvalue weighted by atomic mass is 16.2. The minimum atomic E-state index is -0.785. The molecule has 1 aromatic rings. The average molecular weight is 245 g/mol. The molecule has 1 aromatic heterocycles. The van der Waals surface area contributed by atoms with Gasteiger partial charge in [0.25, 0.3) is 0 Å². The number of nitrogens with zero attached hydrogens (tertiary/aromatic N) is 2. The van der Waals surface area contributed by atoms with Gasteiger partial charge in [0.05, 0.1) is 6.07 Å². The molecule has 1 saturated carbocycles. The molecular formula is C14H19N3O. The van der Waals surface area contributed by atoms with Crippen LogP contribution < -0.4 is 5.32 Å². The zero-order valence-corrected chi connectivity index (χ0v) is 10.8. The molecule has 1 N–H and O–H groups in total. The van der Waals surface area contributed by atoms with Gasteiger partial charge in [-0.25, -0.2) is 0 Å². The van der Waals surface area contributed by atoms with E-state index in [-0.39, 0.29) is 5.91 Å². The molecule has 0 aliphatic heterocycles. The quantitative estimate of drug-likeness (QED) is 0.886. The second-order valence-corrected chi connectivity index (χ2v) is 5.12. The summed E-state index contributed by atoms with van der Waals surface area (Å²) in [7, 11) is 1.95. The maximum Gasteiger partial charge on any atom is 0.240 e. The van der Waals surface area contributed by atoms with Crippen LogP contribution in [0, 0.1) is 16.7 Å². The van der Waals surface area contributed by atoms with Gasteiger partial charge in [0.15, 0.2) is 0 Å². The van der Waals surface area contributed by atoms with Crippen molar-refractivity contribution in [3.05, 3.63) is 24.0 Å². The Bertz CT molecular complexity index is 464. The Kier molecular flexibility index (Phi) is 3.71. The molecule has 0 bridgehead atoms. The summed E-state index contributed by atoms with van der Waals surface area (Å²) in [5, 5.41) is 12.2. The van der Waals surface area contributed by atoms with Gasteiger partial charge in [0.1, 0.15) is 5.41 Å². The van der Waals surface area contributed by atoms with E-state index in [1.807, 2.05) is 30.1 Å². The molecule has 1 aliphatic rings. The van der Waals surface area contributed by atoms with Crippen molar-refractivity contribution in [1.29, 1.82) is 5.26 Å². The number of nitriles is 1. The maximum absolute atomic E-state index is 12.2. The summed E-state index contributed by atoms with van der Waals surface area (Å²) in [6, 6.07) is 4.21. The van der Waals surface area contributed by atoms with Gasteiger partial charge in [0.2, 0.25) is 5.91 Å². The van der Waals surface area contributed by atoms with Crippen LogP contribution in [-0.2, 0) is 18.4 Å². The van der Waals surface area contributed by atoms with Gasteiger partial charge in [0, 0.05) is 26.0 Å². The van der Waals surface area contributed by atoms with E-state index in [0.717, 1.165) is 24.8 Å². The van der Waals surface area contributed by atoms with Gasteiger partial charge in [-0.3, -0.25) is 4.79 Å². The lowest BCUT2D eigenvalue weighted by molar-refractivity contribution is -0.129. The highest BCUT2D eigenvalue weighted by Crippen LogP contribution is 2.35. The van der Waals surface area contributed by atoms with E-state index >= 15 is 0 Å². The van der Waals surface area contributed by atoms with E-state index in [1.165, 1.54) is 0 Å². The number of rotatable bonds is 3. The molecule has 0 saturated heterocycles. The van der Waals surface area contributed by atoms with Crippen LogP contribution in [0.3, 0.4) is 0 Å². The van der Waals surface area contributed by atoms with Crippen molar-refractivity contribution >= 4 is 5.91 Å². The SMILES string of the molecule is Cn1ccc(CNC(=O)C2(C#N)CCCCC2)c1. The third-order valence-electron chi connectivity index (χ3n) is 3.70. The van der Waals surface area contributed by atoms with Gasteiger partial charge in [-0.05, 0) is 24.5 Å². The number of hydrogen-bond acceptors (Lipinski definition) is 2. The molecule has 1 fully saturated rings. The van der Waals surface area contributed by atoms with E-state index in [2.05, 4.69) is 11.4 Å². The first-order chi connectivity index (χ1) is 8.66. The van der Waals surface area contributed by atoms with Crippen LogP contribution in [0.4, 0.5) is 0 Å². The zero-order chi connectivity index (χ0) is 13.0. The zero-order valence-electron chi connectivity index (χ0n) is 10.8. The predicted molar refractivity (Wildman–Crippen MR) is 68.4 cm³/mol. The topological polar surface area (TPSA) is 57.8 Å². The van der Waals surface area contributed by atoms with Gasteiger partial charge in [-0.15, -0.1) is 0 Å². The van der Waals surface area contributed by atoms with Crippen molar-refractivity contribution in [2.24, 2.45) is 12.5 Å². The summed E-state index contributed by atoms with van der Waals surface area (Å²) in [5.41, 5.74) is 0.280. The molecule has 1 aliphatic carbocycles. The third kappa shape index (κ3) is 2.56. The van der Waals surface area contributed by atoms with Crippen LogP contribution in [-0.4, -0.2) is 10.5 Å². The molecular weight excluding hydrogens is 226 g/mol. The van der Waals surface area contributed by atoms with E-state index < -0.39 is 5.41 Å². The second-order valence-electron chi connectivity index (χ2n) is 5.12. The summed E-state index contributed by atoms with van der Waals surface area (Å²) >= 11 is 0. The Morgan fingerprint density at radius 2 is 2.22 bits per heavy atom. The molecule has 0 atom stereocenters. The van der Waals surface area contributed by atoms with Crippen molar-refractivity contribution in [3.63, 3.8) is 0 Å². The Morgan fingerprint density at radius 1 is 1.50 bits per heavy atom. The van der Waals surface area contributed by atoms with E-state index in [0.29, 0.717) is 19.4 Å². The Morgan fingerprint density at radius 3 is 2.78 bits per heavy atom. The van der Waals surface area contributed by atoms with Gasteiger partial charge >= 0.3 is 0 Å². The fourth-order valence-electron chi connectivity index (χ4n) is 2.56. The van der Waals surface area contributed by atoms with Crippen LogP contribution in [0.15, 0.2) is 18.5 Å². The van der Waals surface area contributed by atoms with Crippen molar-refractivity contribution in [1.82, 2.24) is 9.88 Å². The first-order valence-electron chi connectivity index (χ1n) is 6.47. The Labute approximate surface area is 108 Å². The van der Waals surface area contributed by atoms with Crippen LogP contribution in [0.2, 0.25) is 0 Å². The Balaban J connectivity index is 1.96. The van der Waals surface area contributed by atoms with E-state index in [4.69, 9.17) is 0 Å². The molecule has 0 unspecified atom stereocenters. The smallest absolute Gasteiger partial charge is 0.240 e. The van der Waals surface area contributed by atoms with E-state index in [9.17, 15) is 10.1 Å². The van der Waals surface area contributed by atoms with Crippen LogP contribution in [0.5, 0.6) is 0 Å². The van der Waals surface area contributed by atoms with Crippen molar-refractivity contribution in [2.75, 3.05) is 0 Å². The molecule has 0 aromatic carbocycles. The van der Waals surface area contributed by atoms with Crippen molar-refractivity contribution in [3.8, 4) is 6.07 Å². The van der Waals surface area contributed by atoms with Crippen LogP contribution in [0.1, 0.15) is 37.7 Å². The molecule has 1 amide bonds. The molecule has 4 heteroatoms. The maximum atomic E-state index is 12.2. The largest absolute Gasteiger partial charge is 0.357 e. The summed E-state index contributed by atoms with van der Waals surface area (Å²) in [6.07, 6.45) is 8.41. The first kappa shape index (κ1) is 12.7. The molecule has 1 heterocycles. The lowest BCUT2D eigenvalue weighted by Gasteiger charge is -2.29. The predicted octanol–water partition coefficient (Wildman–Crippen LogP) is 2.12. The normalized spacial score (nSPS) is 18.0. The molecule has 4 nitrogen and oxygen atoms in total. The number of nitrogens with one attached hydrogen (secondary N) is 1. The average Bonchev–Trinajstić information content (AvgIpc) is 2.82. The summed E-state index contributed by atoms with van der Waals surface area (Å²) in [6.45, 7) is 0.503. The number of aryl methyl sites for hydroxylation is 1. The molecule has 0 spiro atoms. The second kappa shape index (κ2) is 5.26. The lowest BCUT2D eigenvalue weighted by Crippen LogP contribution is -2.41. The number of carbonyl (C=O) groups excluding carboxylic acids is 1. The minimum Gasteiger partial charge on any atom is -0.357 e. The fourth-order valence-corrected chi connectivity index (χ4v) is 2.56.